The molecule has 0 atom stereocenters. The van der Waals surface area contributed by atoms with Crippen molar-refractivity contribution in [2.45, 2.75) is 6.92 Å². The Kier molecular flexibility index (Phi) is 6.22. The number of amides is 2. The fourth-order valence-electron chi connectivity index (χ4n) is 4.31. The molecule has 1 N–H and O–H groups in total. The Balaban J connectivity index is 1.30. The zero-order chi connectivity index (χ0) is 26.9. The smallest absolute Gasteiger partial charge is 0.270 e. The normalized spacial score (nSPS) is 14.6. The average Bonchev–Trinajstić information content (AvgIpc) is 3.36. The summed E-state index contributed by atoms with van der Waals surface area (Å²) in [6.07, 6.45) is 1.55. The number of aryl methyl sites for hydroxylation is 1. The number of aromatic nitrogens is 1. The number of hydrogen-bond donors (Lipinski definition) is 1. The molecule has 39 heavy (non-hydrogen) atoms. The highest BCUT2D eigenvalue weighted by atomic mass is 32.1. The van der Waals surface area contributed by atoms with Crippen LogP contribution in [0.1, 0.15) is 11.1 Å². The maximum atomic E-state index is 13.5. The van der Waals surface area contributed by atoms with Crippen molar-refractivity contribution >= 4 is 51.8 Å². The zero-order valence-corrected chi connectivity index (χ0v) is 21.6. The first-order valence-electron chi connectivity index (χ1n) is 12.2. The van der Waals surface area contributed by atoms with E-state index in [4.69, 9.17) is 21.5 Å². The first-order valence-corrected chi connectivity index (χ1v) is 12.6. The molecule has 0 spiro atoms. The predicted octanol–water partition coefficient (Wildman–Crippen LogP) is 6.43. The van der Waals surface area contributed by atoms with Crippen LogP contribution in [0, 0.1) is 6.92 Å². The molecule has 1 saturated heterocycles. The van der Waals surface area contributed by atoms with Gasteiger partial charge in [0.25, 0.3) is 11.8 Å². The van der Waals surface area contributed by atoms with Gasteiger partial charge >= 0.3 is 0 Å². The lowest BCUT2D eigenvalue weighted by molar-refractivity contribution is -0.122. The molecule has 190 valence electrons. The molecule has 2 amide bonds. The van der Waals surface area contributed by atoms with Crippen LogP contribution in [0.5, 0.6) is 11.5 Å². The number of fused-ring (bicyclic) bond motifs is 1. The molecule has 1 aliphatic heterocycles. The molecule has 6 rings (SSSR count). The summed E-state index contributed by atoms with van der Waals surface area (Å²) < 4.78 is 11.4. The van der Waals surface area contributed by atoms with Gasteiger partial charge in [0, 0.05) is 5.56 Å². The van der Waals surface area contributed by atoms with Crippen molar-refractivity contribution < 1.29 is 18.8 Å². The summed E-state index contributed by atoms with van der Waals surface area (Å²) in [6.45, 7) is 2.01. The lowest BCUT2D eigenvalue weighted by Gasteiger charge is -2.29. The molecule has 7 nitrogen and oxygen atoms in total. The van der Waals surface area contributed by atoms with Crippen molar-refractivity contribution in [3.63, 3.8) is 0 Å². The Morgan fingerprint density at radius 2 is 1.62 bits per heavy atom. The van der Waals surface area contributed by atoms with Crippen LogP contribution in [-0.4, -0.2) is 22.1 Å². The molecule has 1 fully saturated rings. The van der Waals surface area contributed by atoms with E-state index in [-0.39, 0.29) is 10.7 Å². The number of para-hydroxylation sites is 1. The van der Waals surface area contributed by atoms with Crippen LogP contribution in [0.3, 0.4) is 0 Å². The van der Waals surface area contributed by atoms with Crippen LogP contribution in [0.15, 0.2) is 107 Å². The van der Waals surface area contributed by atoms with E-state index in [0.717, 1.165) is 16.5 Å². The number of carbonyl (C=O) groups excluding carboxylic acids is 2. The van der Waals surface area contributed by atoms with Gasteiger partial charge in [-0.25, -0.2) is 0 Å². The largest absolute Gasteiger partial charge is 0.457 e. The Hall–Kier alpha value is -5.08. The van der Waals surface area contributed by atoms with Gasteiger partial charge in [0.15, 0.2) is 10.9 Å². The van der Waals surface area contributed by atoms with Crippen molar-refractivity contribution in [2.24, 2.45) is 0 Å². The summed E-state index contributed by atoms with van der Waals surface area (Å²) in [4.78, 5) is 27.6. The van der Waals surface area contributed by atoms with Gasteiger partial charge in [0.2, 0.25) is 0 Å². The molecule has 8 heteroatoms. The number of hydrogen-bond acceptors (Lipinski definition) is 6. The first-order chi connectivity index (χ1) is 19.0. The van der Waals surface area contributed by atoms with E-state index in [2.05, 4.69) is 10.5 Å². The number of carbonyl (C=O) groups is 2. The van der Waals surface area contributed by atoms with Gasteiger partial charge in [-0.05, 0) is 79.3 Å². The molecule has 2 heterocycles. The number of benzene rings is 4. The van der Waals surface area contributed by atoms with Crippen LogP contribution in [0.4, 0.5) is 5.69 Å². The fourth-order valence-corrected chi connectivity index (χ4v) is 4.59. The highest BCUT2D eigenvalue weighted by Gasteiger charge is 2.34. The summed E-state index contributed by atoms with van der Waals surface area (Å²) in [5.41, 5.74) is 3.81. The number of thiocarbonyl (C=S) groups is 1. The molecular formula is C31H21N3O4S. The highest BCUT2D eigenvalue weighted by molar-refractivity contribution is 7.80. The lowest BCUT2D eigenvalue weighted by atomic mass is 10.0. The Bertz CT molecular complexity index is 1760. The third-order valence-electron chi connectivity index (χ3n) is 6.30. The lowest BCUT2D eigenvalue weighted by Crippen LogP contribution is -2.54. The summed E-state index contributed by atoms with van der Waals surface area (Å²) in [5.74, 6) is 0.832. The molecule has 5 aromatic rings. The molecule has 0 bridgehead atoms. The third-order valence-corrected chi connectivity index (χ3v) is 6.59. The molecule has 1 aliphatic rings. The summed E-state index contributed by atoms with van der Waals surface area (Å²) >= 11 is 5.34. The molecule has 0 radical (unpaired) electrons. The van der Waals surface area contributed by atoms with E-state index in [1.165, 1.54) is 4.90 Å². The van der Waals surface area contributed by atoms with Gasteiger partial charge in [-0.3, -0.25) is 19.8 Å². The first kappa shape index (κ1) is 24.3. The standard InChI is InChI=1S/C31H21N3O4S/c1-19-7-10-21(11-8-19)28-25-17-20(9-16-27(25)33-38-28)18-26-29(35)32-31(39)34(30(26)36)22-12-14-24(15-13-22)37-23-5-3-2-4-6-23/h2-18H,1H3,(H,32,35,39). The monoisotopic (exact) mass is 531 g/mol. The topological polar surface area (TPSA) is 84.7 Å². The van der Waals surface area contributed by atoms with Crippen LogP contribution in [0.25, 0.3) is 28.3 Å². The maximum absolute atomic E-state index is 13.5. The Morgan fingerprint density at radius 1 is 0.897 bits per heavy atom. The number of anilines is 1. The maximum Gasteiger partial charge on any atom is 0.270 e. The summed E-state index contributed by atoms with van der Waals surface area (Å²) in [6, 6.07) is 29.6. The van der Waals surface area contributed by atoms with Gasteiger partial charge in [-0.2, -0.15) is 0 Å². The van der Waals surface area contributed by atoms with E-state index in [1.54, 1.807) is 42.5 Å². The van der Waals surface area contributed by atoms with Gasteiger partial charge in [0.05, 0.1) is 11.1 Å². The predicted molar refractivity (Wildman–Crippen MR) is 153 cm³/mol. The fraction of sp³-hybridized carbons (Fsp3) is 0.0323. The number of rotatable bonds is 5. The number of ether oxygens (including phenoxy) is 1. The molecule has 0 aliphatic carbocycles. The van der Waals surface area contributed by atoms with Gasteiger partial charge < -0.3 is 9.26 Å². The van der Waals surface area contributed by atoms with Crippen molar-refractivity contribution in [1.29, 1.82) is 0 Å². The van der Waals surface area contributed by atoms with E-state index in [9.17, 15) is 9.59 Å². The minimum atomic E-state index is -0.561. The van der Waals surface area contributed by atoms with Gasteiger partial charge in [-0.1, -0.05) is 59.3 Å². The quantitative estimate of drug-likeness (QED) is 0.160. The second kappa shape index (κ2) is 10.00. The number of nitrogens with one attached hydrogen (secondary N) is 1. The zero-order valence-electron chi connectivity index (χ0n) is 20.8. The van der Waals surface area contributed by atoms with E-state index in [0.29, 0.717) is 34.0 Å². The molecule has 4 aromatic carbocycles. The molecule has 1 aromatic heterocycles. The Labute approximate surface area is 229 Å². The second-order valence-corrected chi connectivity index (χ2v) is 9.41. The van der Waals surface area contributed by atoms with Crippen molar-refractivity contribution in [3.05, 3.63) is 114 Å². The average molecular weight is 532 g/mol. The highest BCUT2D eigenvalue weighted by Crippen LogP contribution is 2.31. The molecule has 0 saturated carbocycles. The van der Waals surface area contributed by atoms with Crippen molar-refractivity contribution in [2.75, 3.05) is 4.90 Å². The summed E-state index contributed by atoms with van der Waals surface area (Å²) in [7, 11) is 0. The third kappa shape index (κ3) is 4.81. The van der Waals surface area contributed by atoms with Crippen LogP contribution in [0.2, 0.25) is 0 Å². The minimum Gasteiger partial charge on any atom is -0.457 e. The second-order valence-electron chi connectivity index (χ2n) is 9.02. The van der Waals surface area contributed by atoms with Crippen molar-refractivity contribution in [3.8, 4) is 22.8 Å². The minimum absolute atomic E-state index is 0.00928. The molecule has 0 unspecified atom stereocenters. The van der Waals surface area contributed by atoms with Crippen molar-refractivity contribution in [1.82, 2.24) is 10.5 Å². The van der Waals surface area contributed by atoms with E-state index in [1.807, 2.05) is 67.6 Å². The van der Waals surface area contributed by atoms with Crippen LogP contribution in [-0.2, 0) is 9.59 Å². The van der Waals surface area contributed by atoms with Gasteiger partial charge in [-0.15, -0.1) is 0 Å². The number of nitrogens with zero attached hydrogens (tertiary/aromatic N) is 2. The van der Waals surface area contributed by atoms with Gasteiger partial charge in [0.1, 0.15) is 22.6 Å². The SMILES string of the molecule is Cc1ccc(-c2onc3ccc(C=C4C(=O)NC(=S)N(c5ccc(Oc6ccccc6)cc5)C4=O)cc23)cc1. The van der Waals surface area contributed by atoms with E-state index < -0.39 is 11.8 Å². The van der Waals surface area contributed by atoms with Crippen LogP contribution < -0.4 is 15.0 Å². The molecular weight excluding hydrogens is 510 g/mol. The summed E-state index contributed by atoms with van der Waals surface area (Å²) in [5, 5.41) is 7.56. The Morgan fingerprint density at radius 3 is 2.36 bits per heavy atom. The van der Waals surface area contributed by atoms with Crippen LogP contribution >= 0.6 is 12.2 Å². The van der Waals surface area contributed by atoms with E-state index >= 15 is 0 Å².